The Bertz CT molecular complexity index is 1520. The lowest BCUT2D eigenvalue weighted by Crippen LogP contribution is -2.50. The van der Waals surface area contributed by atoms with E-state index in [9.17, 15) is 14.4 Å². The number of carbonyl (C=O) groups excluding carboxylic acids is 3. The van der Waals surface area contributed by atoms with E-state index in [0.717, 1.165) is 0 Å². The van der Waals surface area contributed by atoms with E-state index in [1.165, 1.54) is 30.7 Å². The zero-order valence-electron chi connectivity index (χ0n) is 23.5. The van der Waals surface area contributed by atoms with Gasteiger partial charge in [0.2, 0.25) is 11.8 Å². The van der Waals surface area contributed by atoms with Gasteiger partial charge in [-0.15, -0.1) is 5.10 Å². The van der Waals surface area contributed by atoms with Crippen LogP contribution in [0.3, 0.4) is 0 Å². The van der Waals surface area contributed by atoms with Crippen LogP contribution in [0.2, 0.25) is 0 Å². The molecule has 4 rings (SSSR count). The number of carbonyl (C=O) groups is 3. The summed E-state index contributed by atoms with van der Waals surface area (Å²) in [4.78, 5) is 41.6. The molecule has 1 aromatic heterocycles. The van der Waals surface area contributed by atoms with Gasteiger partial charge in [-0.25, -0.2) is 4.68 Å². The topological polar surface area (TPSA) is 116 Å². The molecule has 0 aliphatic heterocycles. The Balaban J connectivity index is 1.89. The van der Waals surface area contributed by atoms with Crippen molar-refractivity contribution < 1.29 is 23.9 Å². The number of benzene rings is 3. The van der Waals surface area contributed by atoms with Crippen molar-refractivity contribution in [2.75, 3.05) is 19.1 Å². The average molecular weight is 544 g/mol. The molecular formula is C30H33N5O5. The summed E-state index contributed by atoms with van der Waals surface area (Å²) >= 11 is 0. The summed E-state index contributed by atoms with van der Waals surface area (Å²) in [5.74, 6) is -0.00981. The summed E-state index contributed by atoms with van der Waals surface area (Å²) in [6.07, 6.45) is 0. The number of ketones is 1. The third-order valence-electron chi connectivity index (χ3n) is 6.22. The van der Waals surface area contributed by atoms with Crippen molar-refractivity contribution in [3.8, 4) is 11.5 Å². The zero-order chi connectivity index (χ0) is 29.0. The van der Waals surface area contributed by atoms with Crippen LogP contribution in [0.4, 0.5) is 5.69 Å². The molecule has 10 nitrogen and oxygen atoms in total. The maximum atomic E-state index is 14.2. The Kier molecular flexibility index (Phi) is 8.18. The Morgan fingerprint density at radius 2 is 1.57 bits per heavy atom. The SMILES string of the molecule is COc1cc(OC)cc([C@@H](C(=O)NC(C)(C)C)N(C(=O)Cn2nnc3ccccc32)c2ccc(C(C)=O)cc2)c1. The van der Waals surface area contributed by atoms with Crippen molar-refractivity contribution >= 4 is 34.3 Å². The number of para-hydroxylation sites is 1. The molecule has 0 fully saturated rings. The standard InChI is InChI=1S/C30H33N5O5/c1-19(36)20-11-13-22(14-12-20)35(27(37)18-34-26-10-8-7-9-25(26)32-33-34)28(29(38)31-30(2,3)4)21-15-23(39-5)17-24(16-21)40-6/h7-17,28H,18H2,1-6H3,(H,31,38)/t28-/m0/s1. The van der Waals surface area contributed by atoms with Gasteiger partial charge in [0, 0.05) is 22.9 Å². The molecule has 1 heterocycles. The minimum absolute atomic E-state index is 0.113. The first-order valence-corrected chi connectivity index (χ1v) is 12.8. The molecular weight excluding hydrogens is 510 g/mol. The molecule has 2 amide bonds. The first-order chi connectivity index (χ1) is 19.0. The van der Waals surface area contributed by atoms with Gasteiger partial charge in [-0.1, -0.05) is 17.3 Å². The fourth-order valence-electron chi connectivity index (χ4n) is 4.38. The Morgan fingerprint density at radius 1 is 0.950 bits per heavy atom. The lowest BCUT2D eigenvalue weighted by molar-refractivity contribution is -0.128. The Hall–Kier alpha value is -4.73. The summed E-state index contributed by atoms with van der Waals surface area (Å²) in [6.45, 7) is 6.88. The molecule has 4 aromatic rings. The summed E-state index contributed by atoms with van der Waals surface area (Å²) in [5, 5.41) is 11.3. The first kappa shape index (κ1) is 28.3. The lowest BCUT2D eigenvalue weighted by atomic mass is 9.99. The fourth-order valence-corrected chi connectivity index (χ4v) is 4.38. The number of rotatable bonds is 9. The highest BCUT2D eigenvalue weighted by molar-refractivity contribution is 6.02. The third kappa shape index (κ3) is 6.28. The third-order valence-corrected chi connectivity index (χ3v) is 6.22. The summed E-state index contributed by atoms with van der Waals surface area (Å²) < 4.78 is 12.4. The number of hydrogen-bond acceptors (Lipinski definition) is 7. The highest BCUT2D eigenvalue weighted by Crippen LogP contribution is 2.34. The number of methoxy groups -OCH3 is 2. The van der Waals surface area contributed by atoms with Crippen LogP contribution in [0, 0.1) is 0 Å². The van der Waals surface area contributed by atoms with Crippen LogP contribution in [0.1, 0.15) is 49.7 Å². The van der Waals surface area contributed by atoms with Gasteiger partial charge in [-0.2, -0.15) is 0 Å². The van der Waals surface area contributed by atoms with Crippen molar-refractivity contribution in [1.82, 2.24) is 20.3 Å². The molecule has 0 saturated carbocycles. The van der Waals surface area contributed by atoms with E-state index in [1.807, 2.05) is 45.0 Å². The monoisotopic (exact) mass is 543 g/mol. The lowest BCUT2D eigenvalue weighted by Gasteiger charge is -2.34. The Morgan fingerprint density at radius 3 is 2.15 bits per heavy atom. The molecule has 0 saturated heterocycles. The van der Waals surface area contributed by atoms with Gasteiger partial charge in [0.05, 0.1) is 19.7 Å². The molecule has 0 spiro atoms. The van der Waals surface area contributed by atoms with Gasteiger partial charge in [-0.05, 0) is 81.8 Å². The number of amides is 2. The van der Waals surface area contributed by atoms with Crippen LogP contribution < -0.4 is 19.7 Å². The predicted molar refractivity (Wildman–Crippen MR) is 152 cm³/mol. The molecule has 1 N–H and O–H groups in total. The second kappa shape index (κ2) is 11.6. The van der Waals surface area contributed by atoms with E-state index in [4.69, 9.17) is 9.47 Å². The highest BCUT2D eigenvalue weighted by Gasteiger charge is 2.35. The zero-order valence-corrected chi connectivity index (χ0v) is 23.5. The largest absolute Gasteiger partial charge is 0.497 e. The normalized spacial score (nSPS) is 12.1. The van der Waals surface area contributed by atoms with Crippen LogP contribution >= 0.6 is 0 Å². The smallest absolute Gasteiger partial charge is 0.249 e. The van der Waals surface area contributed by atoms with Gasteiger partial charge in [0.25, 0.3) is 0 Å². The van der Waals surface area contributed by atoms with E-state index in [0.29, 0.717) is 39.3 Å². The van der Waals surface area contributed by atoms with Gasteiger partial charge in [-0.3, -0.25) is 19.3 Å². The van der Waals surface area contributed by atoms with Crippen LogP contribution in [-0.4, -0.2) is 52.3 Å². The second-order valence-electron chi connectivity index (χ2n) is 10.4. The van der Waals surface area contributed by atoms with Crippen molar-refractivity contribution in [1.29, 1.82) is 0 Å². The number of nitrogens with zero attached hydrogens (tertiary/aromatic N) is 4. The molecule has 0 radical (unpaired) electrons. The van der Waals surface area contributed by atoms with Crippen molar-refractivity contribution in [3.05, 3.63) is 77.9 Å². The van der Waals surface area contributed by atoms with E-state index >= 15 is 0 Å². The fraction of sp³-hybridized carbons (Fsp3) is 0.300. The minimum Gasteiger partial charge on any atom is -0.497 e. The molecule has 0 aliphatic carbocycles. The van der Waals surface area contributed by atoms with Crippen LogP contribution in [0.15, 0.2) is 66.7 Å². The van der Waals surface area contributed by atoms with Crippen molar-refractivity contribution in [3.63, 3.8) is 0 Å². The average Bonchev–Trinajstić information content (AvgIpc) is 3.32. The second-order valence-corrected chi connectivity index (χ2v) is 10.4. The predicted octanol–water partition coefficient (Wildman–Crippen LogP) is 4.34. The minimum atomic E-state index is -1.12. The number of anilines is 1. The highest BCUT2D eigenvalue weighted by atomic mass is 16.5. The molecule has 1 atom stereocenters. The van der Waals surface area contributed by atoms with E-state index in [-0.39, 0.29) is 12.3 Å². The molecule has 0 aliphatic rings. The summed E-state index contributed by atoms with van der Waals surface area (Å²) in [5.41, 5.74) is 2.12. The number of nitrogens with one attached hydrogen (secondary N) is 1. The number of aromatic nitrogens is 3. The number of Topliss-reactive ketones (excluding diaryl/α,β-unsaturated/α-hetero) is 1. The molecule has 10 heteroatoms. The molecule has 40 heavy (non-hydrogen) atoms. The number of hydrogen-bond donors (Lipinski definition) is 1. The van der Waals surface area contributed by atoms with Crippen molar-refractivity contribution in [2.24, 2.45) is 0 Å². The quantitative estimate of drug-likeness (QED) is 0.312. The maximum absolute atomic E-state index is 14.2. The van der Waals surface area contributed by atoms with E-state index in [2.05, 4.69) is 15.6 Å². The molecule has 208 valence electrons. The number of fused-ring (bicyclic) bond motifs is 1. The van der Waals surface area contributed by atoms with E-state index < -0.39 is 23.4 Å². The van der Waals surface area contributed by atoms with Crippen LogP contribution in [0.25, 0.3) is 11.0 Å². The van der Waals surface area contributed by atoms with E-state index in [1.54, 1.807) is 42.5 Å². The van der Waals surface area contributed by atoms with Crippen LogP contribution in [0.5, 0.6) is 11.5 Å². The first-order valence-electron chi connectivity index (χ1n) is 12.8. The van der Waals surface area contributed by atoms with Crippen LogP contribution in [-0.2, 0) is 16.1 Å². The van der Waals surface area contributed by atoms with Crippen molar-refractivity contribution in [2.45, 2.75) is 45.8 Å². The van der Waals surface area contributed by atoms with Gasteiger partial charge >= 0.3 is 0 Å². The maximum Gasteiger partial charge on any atom is 0.249 e. The summed E-state index contributed by atoms with van der Waals surface area (Å²) in [7, 11) is 3.03. The van der Waals surface area contributed by atoms with Gasteiger partial charge in [0.15, 0.2) is 5.78 Å². The Labute approximate surface area is 232 Å². The molecule has 0 bridgehead atoms. The number of ether oxygens (including phenoxy) is 2. The summed E-state index contributed by atoms with van der Waals surface area (Å²) in [6, 6.07) is 17.9. The molecule has 0 unspecified atom stereocenters. The molecule has 3 aromatic carbocycles. The van der Waals surface area contributed by atoms with Gasteiger partial charge in [0.1, 0.15) is 29.6 Å². The van der Waals surface area contributed by atoms with Gasteiger partial charge < -0.3 is 14.8 Å².